The molecule has 0 saturated carbocycles. The maximum absolute atomic E-state index is 13.3. The fraction of sp³-hybridized carbons (Fsp3) is 0.231. The summed E-state index contributed by atoms with van der Waals surface area (Å²) in [6.07, 6.45) is 0. The maximum atomic E-state index is 13.3. The van der Waals surface area contributed by atoms with Gasteiger partial charge < -0.3 is 14.8 Å². The number of likely N-dealkylation sites (tertiary alicyclic amines) is 2. The van der Waals surface area contributed by atoms with Crippen molar-refractivity contribution < 1.29 is 14.5 Å². The van der Waals surface area contributed by atoms with Crippen molar-refractivity contribution in [2.75, 3.05) is 26.2 Å². The number of carbonyl (C=O) groups excluding carboxylic acids is 2. The summed E-state index contributed by atoms with van der Waals surface area (Å²) in [6, 6.07) is 18.9. The van der Waals surface area contributed by atoms with Crippen LogP contribution in [0.4, 0.5) is 5.69 Å². The second kappa shape index (κ2) is 8.56. The highest BCUT2D eigenvalue weighted by Gasteiger charge is 2.43. The van der Waals surface area contributed by atoms with Crippen molar-refractivity contribution in [1.29, 1.82) is 0 Å². The molecule has 4 aromatic rings. The number of pyridine rings is 1. The third-order valence-corrected chi connectivity index (χ3v) is 6.96. The molecule has 2 aromatic heterocycles. The van der Waals surface area contributed by atoms with Gasteiger partial charge in [-0.3, -0.25) is 19.7 Å². The van der Waals surface area contributed by atoms with E-state index in [-0.39, 0.29) is 29.3 Å². The van der Waals surface area contributed by atoms with Crippen LogP contribution in [0.1, 0.15) is 20.8 Å². The standard InChI is InChI=1S/C26H22N6O4/c33-25(16-5-3-6-19(11-16)32(35)36)30-12-17-14-31(15-18(17)13-30)26(34)23-10-4-9-22(27-23)24-28-20-7-1-2-8-21(20)29-24/h1-11,17-18H,12-15H2,(H,28,29). The van der Waals surface area contributed by atoms with Crippen LogP contribution in [0.2, 0.25) is 0 Å². The van der Waals surface area contributed by atoms with E-state index in [9.17, 15) is 19.7 Å². The number of non-ortho nitro benzene ring substituents is 1. The number of nitrogens with one attached hydrogen (secondary N) is 1. The van der Waals surface area contributed by atoms with Crippen molar-refractivity contribution in [3.05, 3.63) is 88.1 Å². The quantitative estimate of drug-likeness (QED) is 0.351. The van der Waals surface area contributed by atoms with Gasteiger partial charge in [0.2, 0.25) is 0 Å². The predicted molar refractivity (Wildman–Crippen MR) is 131 cm³/mol. The summed E-state index contributed by atoms with van der Waals surface area (Å²) >= 11 is 0. The van der Waals surface area contributed by atoms with E-state index in [1.54, 1.807) is 28.0 Å². The molecular formula is C26H22N6O4. The van der Waals surface area contributed by atoms with Gasteiger partial charge >= 0.3 is 0 Å². The molecule has 0 radical (unpaired) electrons. The average Bonchev–Trinajstić information content (AvgIpc) is 3.61. The number of H-pyrrole nitrogens is 1. The molecule has 2 atom stereocenters. The Bertz CT molecular complexity index is 1470. The lowest BCUT2D eigenvalue weighted by atomic mass is 10.0. The van der Waals surface area contributed by atoms with Crippen LogP contribution in [0.5, 0.6) is 0 Å². The van der Waals surface area contributed by atoms with Crippen molar-refractivity contribution in [2.24, 2.45) is 11.8 Å². The molecule has 2 unspecified atom stereocenters. The first-order valence-corrected chi connectivity index (χ1v) is 11.7. The van der Waals surface area contributed by atoms with E-state index < -0.39 is 4.92 Å². The molecular weight excluding hydrogens is 460 g/mol. The number of fused-ring (bicyclic) bond motifs is 2. The van der Waals surface area contributed by atoms with E-state index in [2.05, 4.69) is 15.0 Å². The Morgan fingerprint density at radius 3 is 2.28 bits per heavy atom. The van der Waals surface area contributed by atoms with E-state index in [1.807, 2.05) is 30.3 Å². The first-order valence-electron chi connectivity index (χ1n) is 11.7. The van der Waals surface area contributed by atoms with Gasteiger partial charge in [0.25, 0.3) is 17.5 Å². The lowest BCUT2D eigenvalue weighted by molar-refractivity contribution is -0.384. The maximum Gasteiger partial charge on any atom is 0.272 e. The Morgan fingerprint density at radius 1 is 0.861 bits per heavy atom. The number of imidazole rings is 1. The van der Waals surface area contributed by atoms with E-state index in [4.69, 9.17) is 0 Å². The Morgan fingerprint density at radius 2 is 1.56 bits per heavy atom. The number of nitro benzene ring substituents is 1. The van der Waals surface area contributed by atoms with Crippen LogP contribution in [0.15, 0.2) is 66.7 Å². The summed E-state index contributed by atoms with van der Waals surface area (Å²) < 4.78 is 0. The molecule has 2 fully saturated rings. The Labute approximate surface area is 205 Å². The highest BCUT2D eigenvalue weighted by Crippen LogP contribution is 2.33. The molecule has 0 spiro atoms. The van der Waals surface area contributed by atoms with Crippen LogP contribution in [0, 0.1) is 22.0 Å². The van der Waals surface area contributed by atoms with Gasteiger partial charge in [-0.15, -0.1) is 0 Å². The number of hydrogen-bond acceptors (Lipinski definition) is 6. The van der Waals surface area contributed by atoms with Crippen molar-refractivity contribution in [2.45, 2.75) is 0 Å². The molecule has 180 valence electrons. The highest BCUT2D eigenvalue weighted by molar-refractivity contribution is 5.95. The second-order valence-corrected chi connectivity index (χ2v) is 9.26. The van der Waals surface area contributed by atoms with Gasteiger partial charge in [0.05, 0.1) is 16.0 Å². The number of benzene rings is 2. The van der Waals surface area contributed by atoms with E-state index in [0.29, 0.717) is 49.0 Å². The number of amides is 2. The number of nitrogens with zero attached hydrogens (tertiary/aromatic N) is 5. The van der Waals surface area contributed by atoms with Gasteiger partial charge in [0.15, 0.2) is 5.82 Å². The number of para-hydroxylation sites is 2. The molecule has 4 heterocycles. The monoisotopic (exact) mass is 482 g/mol. The van der Waals surface area contributed by atoms with Crippen molar-refractivity contribution in [3.63, 3.8) is 0 Å². The Kier molecular flexibility index (Phi) is 5.21. The van der Waals surface area contributed by atoms with E-state index >= 15 is 0 Å². The lowest BCUT2D eigenvalue weighted by Crippen LogP contribution is -2.36. The van der Waals surface area contributed by atoms with Gasteiger partial charge in [-0.25, -0.2) is 9.97 Å². The molecule has 0 aliphatic carbocycles. The number of hydrogen-bond donors (Lipinski definition) is 1. The number of rotatable bonds is 4. The molecule has 6 rings (SSSR count). The first-order chi connectivity index (χ1) is 17.5. The summed E-state index contributed by atoms with van der Waals surface area (Å²) in [5.74, 6) is 0.579. The zero-order valence-electron chi connectivity index (χ0n) is 19.2. The molecule has 36 heavy (non-hydrogen) atoms. The van der Waals surface area contributed by atoms with E-state index in [0.717, 1.165) is 11.0 Å². The van der Waals surface area contributed by atoms with Crippen molar-refractivity contribution in [3.8, 4) is 11.5 Å². The Hall–Kier alpha value is -4.60. The molecule has 2 saturated heterocycles. The predicted octanol–water partition coefficient (Wildman–Crippen LogP) is 3.38. The SMILES string of the molecule is O=C(c1cccc([N+](=O)[O-])c1)N1CC2CN(C(=O)c3cccc(-c4nc5ccccc5[nH]4)n3)CC2C1. The molecule has 10 nitrogen and oxygen atoms in total. The molecule has 0 bridgehead atoms. The highest BCUT2D eigenvalue weighted by atomic mass is 16.6. The summed E-state index contributed by atoms with van der Waals surface area (Å²) in [6.45, 7) is 2.11. The third kappa shape index (κ3) is 3.86. The summed E-state index contributed by atoms with van der Waals surface area (Å²) in [4.78, 5) is 52.7. The normalized spacial score (nSPS) is 19.0. The minimum absolute atomic E-state index is 0.102. The van der Waals surface area contributed by atoms with Gasteiger partial charge in [-0.1, -0.05) is 24.3 Å². The minimum atomic E-state index is -0.504. The number of aromatic nitrogens is 3. The summed E-state index contributed by atoms with van der Waals surface area (Å²) in [5.41, 5.74) is 2.91. The average molecular weight is 483 g/mol. The van der Waals surface area contributed by atoms with Gasteiger partial charge in [0, 0.05) is 55.7 Å². The van der Waals surface area contributed by atoms with Crippen LogP contribution >= 0.6 is 0 Å². The zero-order valence-corrected chi connectivity index (χ0v) is 19.2. The summed E-state index contributed by atoms with van der Waals surface area (Å²) in [5, 5.41) is 11.0. The Balaban J connectivity index is 1.14. The van der Waals surface area contributed by atoms with Gasteiger partial charge in [-0.2, -0.15) is 0 Å². The van der Waals surface area contributed by atoms with Crippen molar-refractivity contribution in [1.82, 2.24) is 24.8 Å². The molecule has 2 aliphatic heterocycles. The fourth-order valence-corrected chi connectivity index (χ4v) is 5.18. The molecule has 10 heteroatoms. The molecule has 2 amide bonds. The van der Waals surface area contributed by atoms with Crippen LogP contribution in [-0.2, 0) is 0 Å². The topological polar surface area (TPSA) is 125 Å². The van der Waals surface area contributed by atoms with E-state index in [1.165, 1.54) is 18.2 Å². The summed E-state index contributed by atoms with van der Waals surface area (Å²) in [7, 11) is 0. The largest absolute Gasteiger partial charge is 0.338 e. The number of aromatic amines is 1. The zero-order chi connectivity index (χ0) is 24.8. The van der Waals surface area contributed by atoms with Gasteiger partial charge in [-0.05, 0) is 30.3 Å². The van der Waals surface area contributed by atoms with Crippen LogP contribution in [-0.4, -0.2) is 67.7 Å². The third-order valence-electron chi connectivity index (χ3n) is 6.96. The van der Waals surface area contributed by atoms with Crippen molar-refractivity contribution >= 4 is 28.5 Å². The molecule has 2 aliphatic rings. The lowest BCUT2D eigenvalue weighted by Gasteiger charge is -2.22. The number of carbonyl (C=O) groups is 2. The first kappa shape index (κ1) is 21.9. The van der Waals surface area contributed by atoms with Gasteiger partial charge in [0.1, 0.15) is 11.4 Å². The van der Waals surface area contributed by atoms with Crippen LogP contribution in [0.25, 0.3) is 22.6 Å². The number of nitro groups is 1. The molecule has 1 N–H and O–H groups in total. The van der Waals surface area contributed by atoms with Crippen LogP contribution in [0.3, 0.4) is 0 Å². The minimum Gasteiger partial charge on any atom is -0.338 e. The fourth-order valence-electron chi connectivity index (χ4n) is 5.18. The molecule has 2 aromatic carbocycles. The smallest absolute Gasteiger partial charge is 0.272 e. The second-order valence-electron chi connectivity index (χ2n) is 9.26. The van der Waals surface area contributed by atoms with Crippen LogP contribution < -0.4 is 0 Å².